The molecule has 0 aliphatic carbocycles. The predicted octanol–water partition coefficient (Wildman–Crippen LogP) is 2.97. The molecule has 0 spiro atoms. The largest absolute Gasteiger partial charge is 0.377 e. The summed E-state index contributed by atoms with van der Waals surface area (Å²) in [7, 11) is 1.98. The number of guanidine groups is 1. The number of piperidine rings is 1. The van der Waals surface area contributed by atoms with Crippen molar-refractivity contribution in [2.24, 2.45) is 12.0 Å². The SMILES string of the molecule is Cc1nnc(CN=C(NCCc2cccs2)NC2CCN(CCOC(C)C)CC2)n1C.I. The second-order valence-corrected chi connectivity index (χ2v) is 9.36. The van der Waals surface area contributed by atoms with Crippen molar-refractivity contribution in [2.75, 3.05) is 32.8 Å². The number of hydrogen-bond donors (Lipinski definition) is 2. The van der Waals surface area contributed by atoms with Crippen LogP contribution in [-0.4, -0.2) is 70.6 Å². The van der Waals surface area contributed by atoms with E-state index in [-0.39, 0.29) is 24.0 Å². The first-order chi connectivity index (χ1) is 15.0. The molecule has 0 saturated carbocycles. The molecular weight excluding hydrogens is 537 g/mol. The average Bonchev–Trinajstić information content (AvgIpc) is 3.38. The number of aryl methyl sites for hydroxylation is 1. The summed E-state index contributed by atoms with van der Waals surface area (Å²) in [6, 6.07) is 4.71. The van der Waals surface area contributed by atoms with Gasteiger partial charge in [-0.05, 0) is 51.5 Å². The van der Waals surface area contributed by atoms with Crippen LogP contribution in [0.25, 0.3) is 0 Å². The number of thiophene rings is 1. The fraction of sp³-hybridized carbons (Fsp3) is 0.682. The zero-order valence-corrected chi connectivity index (χ0v) is 22.9. The van der Waals surface area contributed by atoms with Crippen LogP contribution in [0.1, 0.15) is 43.2 Å². The number of aromatic nitrogens is 3. The maximum Gasteiger partial charge on any atom is 0.191 e. The molecule has 2 aromatic heterocycles. The van der Waals surface area contributed by atoms with Crippen LogP contribution in [-0.2, 0) is 24.8 Å². The monoisotopic (exact) mass is 575 g/mol. The van der Waals surface area contributed by atoms with E-state index in [4.69, 9.17) is 9.73 Å². The van der Waals surface area contributed by atoms with Crippen molar-refractivity contribution in [2.45, 2.75) is 58.7 Å². The summed E-state index contributed by atoms with van der Waals surface area (Å²) in [4.78, 5) is 8.68. The summed E-state index contributed by atoms with van der Waals surface area (Å²) >= 11 is 1.80. The third kappa shape index (κ3) is 8.95. The molecule has 0 amide bonds. The Hall–Kier alpha value is -1.24. The Balaban J connectivity index is 0.00000363. The maximum atomic E-state index is 5.70. The molecule has 8 nitrogen and oxygen atoms in total. The minimum Gasteiger partial charge on any atom is -0.377 e. The van der Waals surface area contributed by atoms with Crippen molar-refractivity contribution in [3.8, 4) is 0 Å². The van der Waals surface area contributed by atoms with Crippen molar-refractivity contribution in [3.05, 3.63) is 34.0 Å². The van der Waals surface area contributed by atoms with Gasteiger partial charge in [-0.25, -0.2) is 4.99 Å². The molecule has 3 rings (SSSR count). The van der Waals surface area contributed by atoms with Gasteiger partial charge in [-0.1, -0.05) is 6.07 Å². The molecule has 0 aromatic carbocycles. The van der Waals surface area contributed by atoms with Crippen LogP contribution in [0, 0.1) is 6.92 Å². The first-order valence-corrected chi connectivity index (χ1v) is 12.1. The van der Waals surface area contributed by atoms with Gasteiger partial charge in [0.25, 0.3) is 0 Å². The summed E-state index contributed by atoms with van der Waals surface area (Å²) < 4.78 is 7.69. The smallest absolute Gasteiger partial charge is 0.191 e. The summed E-state index contributed by atoms with van der Waals surface area (Å²) in [5.41, 5.74) is 0. The molecule has 10 heteroatoms. The molecule has 1 saturated heterocycles. The molecule has 0 radical (unpaired) electrons. The van der Waals surface area contributed by atoms with Crippen molar-refractivity contribution >= 4 is 41.3 Å². The molecule has 2 aromatic rings. The lowest BCUT2D eigenvalue weighted by Crippen LogP contribution is -2.49. The minimum absolute atomic E-state index is 0. The van der Waals surface area contributed by atoms with Gasteiger partial charge in [0.1, 0.15) is 12.4 Å². The van der Waals surface area contributed by atoms with Crippen LogP contribution < -0.4 is 10.6 Å². The highest BCUT2D eigenvalue weighted by molar-refractivity contribution is 14.0. The van der Waals surface area contributed by atoms with Gasteiger partial charge in [0.05, 0.1) is 12.7 Å². The molecule has 1 aliphatic rings. The second-order valence-electron chi connectivity index (χ2n) is 8.32. The number of likely N-dealkylation sites (tertiary alicyclic amines) is 1. The normalized spacial score (nSPS) is 15.7. The maximum absolute atomic E-state index is 5.70. The van der Waals surface area contributed by atoms with Crippen LogP contribution in [0.15, 0.2) is 22.5 Å². The second kappa shape index (κ2) is 14.1. The van der Waals surface area contributed by atoms with Gasteiger partial charge < -0.3 is 24.8 Å². The lowest BCUT2D eigenvalue weighted by Gasteiger charge is -2.33. The quantitative estimate of drug-likeness (QED) is 0.258. The number of ether oxygens (including phenoxy) is 1. The zero-order valence-electron chi connectivity index (χ0n) is 19.7. The number of aliphatic imine (C=N–C) groups is 1. The van der Waals surface area contributed by atoms with Gasteiger partial charge in [0.2, 0.25) is 0 Å². The Morgan fingerprint density at radius 1 is 1.31 bits per heavy atom. The third-order valence-electron chi connectivity index (χ3n) is 5.59. The highest BCUT2D eigenvalue weighted by atomic mass is 127. The molecule has 3 heterocycles. The highest BCUT2D eigenvalue weighted by Gasteiger charge is 2.20. The fourth-order valence-corrected chi connectivity index (χ4v) is 4.27. The van der Waals surface area contributed by atoms with Crippen LogP contribution in [0.2, 0.25) is 0 Å². The van der Waals surface area contributed by atoms with E-state index >= 15 is 0 Å². The van der Waals surface area contributed by atoms with E-state index < -0.39 is 0 Å². The topological polar surface area (TPSA) is 79.6 Å². The van der Waals surface area contributed by atoms with E-state index in [1.807, 2.05) is 18.5 Å². The van der Waals surface area contributed by atoms with E-state index in [0.717, 1.165) is 69.7 Å². The van der Waals surface area contributed by atoms with Gasteiger partial charge in [0, 0.05) is 44.1 Å². The van der Waals surface area contributed by atoms with Crippen molar-refractivity contribution in [1.82, 2.24) is 30.3 Å². The van der Waals surface area contributed by atoms with Crippen molar-refractivity contribution in [1.29, 1.82) is 0 Å². The van der Waals surface area contributed by atoms with Crippen molar-refractivity contribution in [3.63, 3.8) is 0 Å². The van der Waals surface area contributed by atoms with E-state index in [0.29, 0.717) is 18.7 Å². The predicted molar refractivity (Wildman–Crippen MR) is 142 cm³/mol. The Labute approximate surface area is 213 Å². The molecular formula is C22H38IN7OS. The van der Waals surface area contributed by atoms with Gasteiger partial charge in [-0.3, -0.25) is 0 Å². The van der Waals surface area contributed by atoms with E-state index in [9.17, 15) is 0 Å². The van der Waals surface area contributed by atoms with Crippen LogP contribution in [0.4, 0.5) is 0 Å². The molecule has 2 N–H and O–H groups in total. The highest BCUT2D eigenvalue weighted by Crippen LogP contribution is 2.11. The Kier molecular flexibility index (Phi) is 11.9. The molecule has 1 fully saturated rings. The molecule has 0 bridgehead atoms. The lowest BCUT2D eigenvalue weighted by molar-refractivity contribution is 0.0532. The summed E-state index contributed by atoms with van der Waals surface area (Å²) in [5.74, 6) is 2.63. The third-order valence-corrected chi connectivity index (χ3v) is 6.53. The van der Waals surface area contributed by atoms with Crippen LogP contribution in [0.3, 0.4) is 0 Å². The number of hydrogen-bond acceptors (Lipinski definition) is 6. The Bertz CT molecular complexity index is 801. The minimum atomic E-state index is 0. The van der Waals surface area contributed by atoms with E-state index in [1.165, 1.54) is 4.88 Å². The lowest BCUT2D eigenvalue weighted by atomic mass is 10.1. The van der Waals surface area contributed by atoms with Gasteiger partial charge in [0.15, 0.2) is 11.8 Å². The number of nitrogens with zero attached hydrogens (tertiary/aromatic N) is 5. The van der Waals surface area contributed by atoms with Crippen LogP contribution in [0.5, 0.6) is 0 Å². The summed E-state index contributed by atoms with van der Waals surface area (Å²) in [6.07, 6.45) is 3.51. The Morgan fingerprint density at radius 3 is 2.72 bits per heavy atom. The standard InChI is InChI=1S/C22H37N7OS.HI/c1-17(2)30-14-13-29-11-8-19(9-12-29)25-22(23-10-7-20-6-5-15-31-20)24-16-21-27-26-18(3)28(21)4;/h5-6,15,17,19H,7-14,16H2,1-4H3,(H2,23,24,25);1H. The first kappa shape index (κ1) is 27.0. The fourth-order valence-electron chi connectivity index (χ4n) is 3.56. The molecule has 32 heavy (non-hydrogen) atoms. The van der Waals surface area contributed by atoms with Gasteiger partial charge in [-0.2, -0.15) is 0 Å². The average molecular weight is 576 g/mol. The summed E-state index contributed by atoms with van der Waals surface area (Å²) in [6.45, 7) is 11.5. The number of nitrogens with one attached hydrogen (secondary N) is 2. The summed E-state index contributed by atoms with van der Waals surface area (Å²) in [5, 5.41) is 17.7. The van der Waals surface area contributed by atoms with E-state index in [2.05, 4.69) is 57.1 Å². The van der Waals surface area contributed by atoms with Gasteiger partial charge in [-0.15, -0.1) is 45.5 Å². The van der Waals surface area contributed by atoms with Crippen LogP contribution >= 0.6 is 35.3 Å². The first-order valence-electron chi connectivity index (χ1n) is 11.3. The van der Waals surface area contributed by atoms with Crippen molar-refractivity contribution < 1.29 is 4.74 Å². The number of halogens is 1. The zero-order chi connectivity index (χ0) is 22.1. The molecule has 1 aliphatic heterocycles. The van der Waals surface area contributed by atoms with Gasteiger partial charge >= 0.3 is 0 Å². The molecule has 0 unspecified atom stereocenters. The Morgan fingerprint density at radius 2 is 2.09 bits per heavy atom. The van der Waals surface area contributed by atoms with E-state index in [1.54, 1.807) is 11.3 Å². The number of rotatable bonds is 10. The molecule has 180 valence electrons. The molecule has 0 atom stereocenters.